The first-order valence-electron chi connectivity index (χ1n) is 11.0. The van der Waals surface area contributed by atoms with Crippen LogP contribution in [0, 0.1) is 5.92 Å². The van der Waals surface area contributed by atoms with Gasteiger partial charge in [-0.05, 0) is 28.3 Å². The summed E-state index contributed by atoms with van der Waals surface area (Å²) in [5.74, 6) is 1.28. The summed E-state index contributed by atoms with van der Waals surface area (Å²) in [6.45, 7) is 2.34. The normalized spacial score (nSPS) is 18.9. The van der Waals surface area contributed by atoms with Crippen LogP contribution in [0.15, 0.2) is 72.8 Å². The van der Waals surface area contributed by atoms with Gasteiger partial charge in [0.25, 0.3) is 0 Å². The van der Waals surface area contributed by atoms with Gasteiger partial charge in [-0.15, -0.1) is 0 Å². The molecule has 1 atom stereocenters. The second-order valence-electron chi connectivity index (χ2n) is 8.44. The van der Waals surface area contributed by atoms with Crippen LogP contribution in [0.25, 0.3) is 12.2 Å². The van der Waals surface area contributed by atoms with Crippen molar-refractivity contribution < 1.29 is 9.53 Å². The number of likely N-dealkylation sites (tertiary alicyclic amines) is 1. The number of benzene rings is 3. The Morgan fingerprint density at radius 3 is 2.16 bits per heavy atom. The Morgan fingerprint density at radius 2 is 1.48 bits per heavy atom. The average molecular weight is 410 g/mol. The molecule has 3 nitrogen and oxygen atoms in total. The van der Waals surface area contributed by atoms with Crippen LogP contribution < -0.4 is 4.74 Å². The van der Waals surface area contributed by atoms with Crippen molar-refractivity contribution in [2.45, 2.75) is 18.9 Å². The van der Waals surface area contributed by atoms with Crippen LogP contribution in [0.3, 0.4) is 0 Å². The third kappa shape index (κ3) is 3.82. The Morgan fingerprint density at radius 1 is 0.871 bits per heavy atom. The molecule has 3 aromatic carbocycles. The largest absolute Gasteiger partial charge is 0.496 e. The van der Waals surface area contributed by atoms with Gasteiger partial charge in [0.2, 0.25) is 0 Å². The number of rotatable bonds is 4. The molecule has 31 heavy (non-hydrogen) atoms. The number of methoxy groups -OCH3 is 1. The molecule has 1 fully saturated rings. The summed E-state index contributed by atoms with van der Waals surface area (Å²) in [7, 11) is 1.72. The van der Waals surface area contributed by atoms with E-state index in [1.165, 1.54) is 27.8 Å². The lowest BCUT2D eigenvalue weighted by Crippen LogP contribution is -2.43. The van der Waals surface area contributed by atoms with Crippen molar-refractivity contribution in [2.75, 3.05) is 20.2 Å². The van der Waals surface area contributed by atoms with Crippen LogP contribution in [0.5, 0.6) is 5.75 Å². The summed E-state index contributed by atoms with van der Waals surface area (Å²) in [6.07, 6.45) is 4.97. The van der Waals surface area contributed by atoms with Crippen molar-refractivity contribution in [1.82, 2.24) is 4.90 Å². The maximum atomic E-state index is 13.3. The molecule has 3 aromatic rings. The third-order valence-electron chi connectivity index (χ3n) is 6.64. The smallest absolute Gasteiger partial charge is 0.139 e. The van der Waals surface area contributed by atoms with Crippen LogP contribution in [-0.4, -0.2) is 30.9 Å². The predicted molar refractivity (Wildman–Crippen MR) is 125 cm³/mol. The van der Waals surface area contributed by atoms with Gasteiger partial charge in [-0.2, -0.15) is 0 Å². The van der Waals surface area contributed by atoms with E-state index >= 15 is 0 Å². The first-order chi connectivity index (χ1) is 15.2. The van der Waals surface area contributed by atoms with Gasteiger partial charge in [0.1, 0.15) is 11.5 Å². The monoisotopic (exact) mass is 409 g/mol. The summed E-state index contributed by atoms with van der Waals surface area (Å²) >= 11 is 0. The van der Waals surface area contributed by atoms with Gasteiger partial charge in [-0.3, -0.25) is 9.69 Å². The molecule has 5 rings (SSSR count). The number of ether oxygens (including phenoxy) is 1. The fourth-order valence-electron chi connectivity index (χ4n) is 5.11. The van der Waals surface area contributed by atoms with Gasteiger partial charge < -0.3 is 4.74 Å². The average Bonchev–Trinajstić information content (AvgIpc) is 2.98. The number of carbonyl (C=O) groups excluding carboxylic acids is 1. The number of fused-ring (bicyclic) bond motifs is 2. The summed E-state index contributed by atoms with van der Waals surface area (Å²) in [4.78, 5) is 15.7. The molecule has 1 aliphatic carbocycles. The molecule has 2 aliphatic rings. The molecule has 1 unspecified atom stereocenters. The zero-order valence-electron chi connectivity index (χ0n) is 17.8. The molecule has 0 N–H and O–H groups in total. The Hall–Kier alpha value is -3.17. The SMILES string of the molecule is COc1ccccc1CN1CCC(=O)C(C2c3ccccc3C=Cc3ccccc32)C1. The van der Waals surface area contributed by atoms with Crippen molar-refractivity contribution in [3.8, 4) is 5.75 Å². The second-order valence-corrected chi connectivity index (χ2v) is 8.44. The number of hydrogen-bond donors (Lipinski definition) is 0. The molecular weight excluding hydrogens is 382 g/mol. The zero-order valence-corrected chi connectivity index (χ0v) is 17.8. The number of nitrogens with zero attached hydrogens (tertiary/aromatic N) is 1. The standard InChI is InChI=1S/C28H27NO2/c1-31-27-13-7-4-10-22(27)18-29-17-16-26(30)25(19-29)28-23-11-5-2-8-20(23)14-15-21-9-3-6-12-24(21)28/h2-15,25,28H,16-19H2,1H3. The Labute approximate surface area is 184 Å². The second kappa shape index (κ2) is 8.52. The van der Waals surface area contributed by atoms with Crippen LogP contribution in [0.2, 0.25) is 0 Å². The van der Waals surface area contributed by atoms with E-state index in [1.54, 1.807) is 7.11 Å². The molecule has 1 heterocycles. The van der Waals surface area contributed by atoms with Crippen LogP contribution >= 0.6 is 0 Å². The van der Waals surface area contributed by atoms with Gasteiger partial charge >= 0.3 is 0 Å². The van der Waals surface area contributed by atoms with E-state index in [0.717, 1.165) is 25.4 Å². The highest BCUT2D eigenvalue weighted by Crippen LogP contribution is 2.41. The van der Waals surface area contributed by atoms with Crippen molar-refractivity contribution in [3.63, 3.8) is 0 Å². The van der Waals surface area contributed by atoms with E-state index < -0.39 is 0 Å². The summed E-state index contributed by atoms with van der Waals surface area (Å²) in [6, 6.07) is 25.2. The van der Waals surface area contributed by atoms with E-state index in [9.17, 15) is 4.79 Å². The quantitative estimate of drug-likeness (QED) is 0.578. The number of piperidine rings is 1. The first-order valence-corrected chi connectivity index (χ1v) is 11.0. The number of ketones is 1. The summed E-state index contributed by atoms with van der Waals surface area (Å²) in [5.41, 5.74) is 6.08. The minimum atomic E-state index is -0.0642. The molecule has 156 valence electrons. The molecule has 1 aliphatic heterocycles. The number of para-hydroxylation sites is 1. The van der Waals surface area contributed by atoms with Crippen molar-refractivity contribution in [3.05, 3.63) is 101 Å². The maximum Gasteiger partial charge on any atom is 0.139 e. The van der Waals surface area contributed by atoms with Gasteiger partial charge in [-0.1, -0.05) is 78.9 Å². The van der Waals surface area contributed by atoms with E-state index in [1.807, 2.05) is 18.2 Å². The highest BCUT2D eigenvalue weighted by Gasteiger charge is 2.37. The maximum absolute atomic E-state index is 13.3. The van der Waals surface area contributed by atoms with Crippen LogP contribution in [0.1, 0.15) is 40.2 Å². The molecule has 3 heteroatoms. The van der Waals surface area contributed by atoms with Crippen molar-refractivity contribution in [2.24, 2.45) is 5.92 Å². The van der Waals surface area contributed by atoms with Crippen LogP contribution in [-0.2, 0) is 11.3 Å². The van der Waals surface area contributed by atoms with Gasteiger partial charge in [0.15, 0.2) is 0 Å². The molecule has 0 bridgehead atoms. The highest BCUT2D eigenvalue weighted by molar-refractivity contribution is 5.86. The Balaban J connectivity index is 1.51. The van der Waals surface area contributed by atoms with Crippen molar-refractivity contribution in [1.29, 1.82) is 0 Å². The lowest BCUT2D eigenvalue weighted by Gasteiger charge is -2.37. The summed E-state index contributed by atoms with van der Waals surface area (Å²) in [5, 5.41) is 0. The van der Waals surface area contributed by atoms with Gasteiger partial charge in [-0.25, -0.2) is 0 Å². The topological polar surface area (TPSA) is 29.5 Å². The lowest BCUT2D eigenvalue weighted by molar-refractivity contribution is -0.126. The molecule has 0 aromatic heterocycles. The molecular formula is C28H27NO2. The van der Waals surface area contributed by atoms with E-state index in [0.29, 0.717) is 12.2 Å². The number of Topliss-reactive ketones (excluding diaryl/α,β-unsaturated/α-hetero) is 1. The lowest BCUT2D eigenvalue weighted by atomic mass is 9.74. The predicted octanol–water partition coefficient (Wildman–Crippen LogP) is 5.40. The Kier molecular flexibility index (Phi) is 5.44. The Bertz CT molecular complexity index is 1080. The van der Waals surface area contributed by atoms with E-state index in [2.05, 4.69) is 71.6 Å². The summed E-state index contributed by atoms with van der Waals surface area (Å²) < 4.78 is 5.56. The molecule has 1 saturated heterocycles. The number of hydrogen-bond acceptors (Lipinski definition) is 3. The minimum absolute atomic E-state index is 0.0642. The fraction of sp³-hybridized carbons (Fsp3) is 0.250. The van der Waals surface area contributed by atoms with Crippen molar-refractivity contribution >= 4 is 17.9 Å². The zero-order chi connectivity index (χ0) is 21.2. The van der Waals surface area contributed by atoms with Gasteiger partial charge in [0.05, 0.1) is 7.11 Å². The fourth-order valence-corrected chi connectivity index (χ4v) is 5.11. The highest BCUT2D eigenvalue weighted by atomic mass is 16.5. The number of carbonyl (C=O) groups is 1. The van der Waals surface area contributed by atoms with Crippen LogP contribution in [0.4, 0.5) is 0 Å². The minimum Gasteiger partial charge on any atom is -0.496 e. The van der Waals surface area contributed by atoms with E-state index in [-0.39, 0.29) is 11.8 Å². The van der Waals surface area contributed by atoms with Gasteiger partial charge in [0, 0.05) is 43.5 Å². The van der Waals surface area contributed by atoms with E-state index in [4.69, 9.17) is 4.74 Å². The molecule has 0 amide bonds. The molecule has 0 saturated carbocycles. The third-order valence-corrected chi connectivity index (χ3v) is 6.64. The first kappa shape index (κ1) is 19.8. The molecule has 0 radical (unpaired) electrons. The molecule has 0 spiro atoms.